The minimum absolute atomic E-state index is 0.0337. The number of carbonyl (C=O) groups is 1. The Balaban J connectivity index is 1.32. The molecule has 40 heavy (non-hydrogen) atoms. The molecule has 0 unspecified atom stereocenters. The summed E-state index contributed by atoms with van der Waals surface area (Å²) in [6, 6.07) is 32.6. The number of amides is 1. The Kier molecular flexibility index (Phi) is 7.29. The number of pyridine rings is 1. The summed E-state index contributed by atoms with van der Waals surface area (Å²) in [6.07, 6.45) is 5.06. The third-order valence-electron chi connectivity index (χ3n) is 7.54. The van der Waals surface area contributed by atoms with E-state index in [1.807, 2.05) is 42.5 Å². The van der Waals surface area contributed by atoms with E-state index in [0.717, 1.165) is 34.7 Å². The molecule has 6 rings (SSSR count). The summed E-state index contributed by atoms with van der Waals surface area (Å²) < 4.78 is 2.22. The molecular formula is C33H31N5OS. The number of para-hydroxylation sites is 1. The molecule has 6 nitrogen and oxygen atoms in total. The maximum Gasteiger partial charge on any atom is 0.226 e. The highest BCUT2D eigenvalue weighted by Gasteiger charge is 2.41. The second kappa shape index (κ2) is 11.3. The monoisotopic (exact) mass is 545 g/mol. The van der Waals surface area contributed by atoms with Crippen LogP contribution in [0.2, 0.25) is 0 Å². The van der Waals surface area contributed by atoms with E-state index in [0.29, 0.717) is 18.1 Å². The highest BCUT2D eigenvalue weighted by Crippen LogP contribution is 2.39. The lowest BCUT2D eigenvalue weighted by atomic mass is 10.0. The predicted molar refractivity (Wildman–Crippen MR) is 165 cm³/mol. The summed E-state index contributed by atoms with van der Waals surface area (Å²) in [5.74, 6) is -0.0337. The molecule has 1 aliphatic heterocycles. The summed E-state index contributed by atoms with van der Waals surface area (Å²) in [5.41, 5.74) is 5.05. The minimum Gasteiger partial charge on any atom is -0.352 e. The Morgan fingerprint density at radius 1 is 0.950 bits per heavy atom. The second-order valence-electron chi connectivity index (χ2n) is 9.96. The van der Waals surface area contributed by atoms with Gasteiger partial charge in [0.2, 0.25) is 5.91 Å². The number of hydrogen-bond acceptors (Lipinski definition) is 3. The quantitative estimate of drug-likeness (QED) is 0.216. The first-order valence-corrected chi connectivity index (χ1v) is 14.1. The average Bonchev–Trinajstić information content (AvgIpc) is 3.60. The lowest BCUT2D eigenvalue weighted by molar-refractivity contribution is -0.116. The molecule has 2 aromatic heterocycles. The van der Waals surface area contributed by atoms with Gasteiger partial charge in [-0.1, -0.05) is 61.5 Å². The molecule has 5 aromatic rings. The topological polar surface area (TPSA) is 62.2 Å². The Morgan fingerprint density at radius 2 is 1.75 bits per heavy atom. The van der Waals surface area contributed by atoms with Crippen LogP contribution in [-0.4, -0.2) is 32.0 Å². The molecule has 0 radical (unpaired) electrons. The molecule has 0 saturated carbocycles. The van der Waals surface area contributed by atoms with Crippen molar-refractivity contribution in [1.29, 1.82) is 0 Å². The van der Waals surface area contributed by atoms with Crippen LogP contribution in [0.3, 0.4) is 0 Å². The van der Waals surface area contributed by atoms with E-state index in [1.54, 1.807) is 6.20 Å². The van der Waals surface area contributed by atoms with Crippen molar-refractivity contribution < 1.29 is 4.79 Å². The van der Waals surface area contributed by atoms with Crippen molar-refractivity contribution in [3.63, 3.8) is 0 Å². The van der Waals surface area contributed by atoms with Crippen LogP contribution >= 0.6 is 12.2 Å². The van der Waals surface area contributed by atoms with Crippen molar-refractivity contribution in [3.8, 4) is 5.69 Å². The van der Waals surface area contributed by atoms with Gasteiger partial charge in [0.15, 0.2) is 5.11 Å². The van der Waals surface area contributed by atoms with Gasteiger partial charge in [0.05, 0.1) is 17.8 Å². The molecule has 200 valence electrons. The van der Waals surface area contributed by atoms with E-state index in [9.17, 15) is 4.79 Å². The molecule has 2 N–H and O–H groups in total. The lowest BCUT2D eigenvalue weighted by Gasteiger charge is -2.29. The van der Waals surface area contributed by atoms with E-state index in [4.69, 9.17) is 12.2 Å². The molecule has 1 fully saturated rings. The fourth-order valence-electron chi connectivity index (χ4n) is 5.55. The molecule has 7 heteroatoms. The second-order valence-corrected chi connectivity index (χ2v) is 10.4. The van der Waals surface area contributed by atoms with Crippen LogP contribution in [-0.2, 0) is 11.2 Å². The van der Waals surface area contributed by atoms with Gasteiger partial charge in [-0.15, -0.1) is 0 Å². The normalized spacial score (nSPS) is 16.7. The third kappa shape index (κ3) is 5.08. The van der Waals surface area contributed by atoms with Gasteiger partial charge in [-0.3, -0.25) is 9.78 Å². The van der Waals surface area contributed by atoms with Gasteiger partial charge in [-0.2, -0.15) is 0 Å². The molecule has 1 aliphatic rings. The highest BCUT2D eigenvalue weighted by molar-refractivity contribution is 7.80. The van der Waals surface area contributed by atoms with E-state index in [2.05, 4.69) is 92.8 Å². The van der Waals surface area contributed by atoms with Crippen LogP contribution in [0.15, 0.2) is 109 Å². The standard InChI is InChI=1S/C33H31N5OS/c1-2-23-10-5-6-13-27(23)35-30(39)18-21-38-32(31(36-33(38)40)28-14-7-8-19-34-28)29-15-9-20-37(29)26-17-16-24-11-3-4-12-25(24)22-26/h3-17,19-20,22,31-32H,2,18,21H2,1H3,(H,35,39)(H,36,40)/t31-,32+/m0/s1. The zero-order chi connectivity index (χ0) is 27.5. The summed E-state index contributed by atoms with van der Waals surface area (Å²) in [6.45, 7) is 2.56. The maximum atomic E-state index is 13.1. The molecule has 3 heterocycles. The Morgan fingerprint density at radius 3 is 2.58 bits per heavy atom. The van der Waals surface area contributed by atoms with Gasteiger partial charge in [0.25, 0.3) is 0 Å². The molecule has 1 amide bonds. The van der Waals surface area contributed by atoms with Crippen molar-refractivity contribution in [1.82, 2.24) is 19.8 Å². The molecule has 0 bridgehead atoms. The Labute approximate surface area is 239 Å². The van der Waals surface area contributed by atoms with Crippen LogP contribution in [0.25, 0.3) is 16.5 Å². The molecular weight excluding hydrogens is 514 g/mol. The van der Waals surface area contributed by atoms with Gasteiger partial charge >= 0.3 is 0 Å². The number of rotatable bonds is 8. The van der Waals surface area contributed by atoms with E-state index < -0.39 is 0 Å². The van der Waals surface area contributed by atoms with Crippen molar-refractivity contribution in [2.75, 3.05) is 11.9 Å². The molecule has 1 saturated heterocycles. The van der Waals surface area contributed by atoms with Crippen LogP contribution in [0.4, 0.5) is 5.69 Å². The van der Waals surface area contributed by atoms with E-state index in [1.165, 1.54) is 10.8 Å². The summed E-state index contributed by atoms with van der Waals surface area (Å²) in [5, 5.41) is 9.61. The van der Waals surface area contributed by atoms with Crippen LogP contribution in [0.5, 0.6) is 0 Å². The lowest BCUT2D eigenvalue weighted by Crippen LogP contribution is -2.33. The first-order valence-electron chi connectivity index (χ1n) is 13.6. The first-order chi connectivity index (χ1) is 19.6. The number of aryl methyl sites for hydroxylation is 1. The summed E-state index contributed by atoms with van der Waals surface area (Å²) >= 11 is 5.86. The van der Waals surface area contributed by atoms with Gasteiger partial charge in [-0.25, -0.2) is 0 Å². The first kappa shape index (κ1) is 25.8. The van der Waals surface area contributed by atoms with E-state index >= 15 is 0 Å². The third-order valence-corrected chi connectivity index (χ3v) is 7.90. The number of anilines is 1. The zero-order valence-corrected chi connectivity index (χ0v) is 23.1. The number of hydrogen-bond donors (Lipinski definition) is 2. The number of aromatic nitrogens is 2. The van der Waals surface area contributed by atoms with Crippen LogP contribution in [0, 0.1) is 0 Å². The zero-order valence-electron chi connectivity index (χ0n) is 22.3. The average molecular weight is 546 g/mol. The van der Waals surface area contributed by atoms with Crippen molar-refractivity contribution in [3.05, 3.63) is 126 Å². The van der Waals surface area contributed by atoms with Gasteiger partial charge in [0.1, 0.15) is 0 Å². The summed E-state index contributed by atoms with van der Waals surface area (Å²) in [4.78, 5) is 19.9. The van der Waals surface area contributed by atoms with Crippen molar-refractivity contribution >= 4 is 39.7 Å². The van der Waals surface area contributed by atoms with Gasteiger partial charge in [0, 0.05) is 42.4 Å². The maximum absolute atomic E-state index is 13.1. The van der Waals surface area contributed by atoms with Gasteiger partial charge in [-0.05, 0) is 77.4 Å². The SMILES string of the molecule is CCc1ccccc1NC(=O)CCN1C(=S)N[C@@H](c2ccccn2)[C@H]1c1cccn1-c1ccc2ccccc2c1. The molecule has 3 aromatic carbocycles. The fourth-order valence-corrected chi connectivity index (χ4v) is 5.88. The fraction of sp³-hybridized carbons (Fsp3) is 0.182. The number of nitrogens with zero attached hydrogens (tertiary/aromatic N) is 3. The summed E-state index contributed by atoms with van der Waals surface area (Å²) in [7, 11) is 0. The molecule has 0 aliphatic carbocycles. The smallest absolute Gasteiger partial charge is 0.226 e. The van der Waals surface area contributed by atoms with Crippen molar-refractivity contribution in [2.45, 2.75) is 31.8 Å². The molecule has 0 spiro atoms. The van der Waals surface area contributed by atoms with Crippen molar-refractivity contribution in [2.24, 2.45) is 0 Å². The largest absolute Gasteiger partial charge is 0.352 e. The van der Waals surface area contributed by atoms with E-state index in [-0.39, 0.29) is 18.0 Å². The minimum atomic E-state index is -0.160. The number of nitrogens with one attached hydrogen (secondary N) is 2. The predicted octanol–water partition coefficient (Wildman–Crippen LogP) is 6.59. The van der Waals surface area contributed by atoms with Crippen LogP contribution in [0.1, 0.15) is 42.4 Å². The number of carbonyl (C=O) groups excluding carboxylic acids is 1. The van der Waals surface area contributed by atoms with Gasteiger partial charge < -0.3 is 20.1 Å². The Hall–Kier alpha value is -4.49. The number of thiocarbonyl (C=S) groups is 1. The Bertz CT molecular complexity index is 1660. The van der Waals surface area contributed by atoms with Crippen LogP contribution < -0.4 is 10.6 Å². The molecule has 2 atom stereocenters. The number of benzene rings is 3. The number of fused-ring (bicyclic) bond motifs is 1. The highest BCUT2D eigenvalue weighted by atomic mass is 32.1.